The van der Waals surface area contributed by atoms with Crippen LogP contribution in [-0.2, 0) is 0 Å². The van der Waals surface area contributed by atoms with Crippen LogP contribution < -0.4 is 0 Å². The number of allylic oxidation sites excluding steroid dienone is 4. The molecular weight excluding hydrogens is 176 g/mol. The van der Waals surface area contributed by atoms with Crippen molar-refractivity contribution in [3.8, 4) is 0 Å². The van der Waals surface area contributed by atoms with Gasteiger partial charge in [0.25, 0.3) is 0 Å². The lowest BCUT2D eigenvalue weighted by Gasteiger charge is -2.31. The molecule has 0 amide bonds. The first kappa shape index (κ1) is 11.5. The maximum Gasteiger partial charge on any atom is 0.0431 e. The molecule has 0 aromatic rings. The molecule has 0 aromatic carbocycles. The van der Waals surface area contributed by atoms with Crippen molar-refractivity contribution in [1.82, 2.24) is 0 Å². The van der Waals surface area contributed by atoms with Gasteiger partial charge in [0.2, 0.25) is 0 Å². The first-order chi connectivity index (χ1) is 6.83. The summed E-state index contributed by atoms with van der Waals surface area (Å²) in [6.45, 7) is 0.525. The first-order valence-corrected chi connectivity index (χ1v) is 5.39. The highest BCUT2D eigenvalue weighted by Gasteiger charge is 2.25. The molecule has 14 heavy (non-hydrogen) atoms. The van der Waals surface area contributed by atoms with E-state index < -0.39 is 0 Å². The van der Waals surface area contributed by atoms with Crippen LogP contribution >= 0.6 is 0 Å². The van der Waals surface area contributed by atoms with E-state index in [-0.39, 0.29) is 18.6 Å². The van der Waals surface area contributed by atoms with Crippen molar-refractivity contribution in [2.45, 2.75) is 32.1 Å². The second-order valence-electron chi connectivity index (χ2n) is 4.01. The highest BCUT2D eigenvalue weighted by atomic mass is 16.3. The molecule has 0 heterocycles. The van der Waals surface area contributed by atoms with Gasteiger partial charge in [-0.1, -0.05) is 24.3 Å². The van der Waals surface area contributed by atoms with Gasteiger partial charge < -0.3 is 10.2 Å². The van der Waals surface area contributed by atoms with Crippen molar-refractivity contribution in [2.75, 3.05) is 13.2 Å². The monoisotopic (exact) mass is 196 g/mol. The van der Waals surface area contributed by atoms with E-state index >= 15 is 0 Å². The molecule has 2 N–H and O–H groups in total. The second-order valence-corrected chi connectivity index (χ2v) is 4.01. The Hall–Kier alpha value is -0.600. The highest BCUT2D eigenvalue weighted by molar-refractivity contribution is 5.16. The van der Waals surface area contributed by atoms with Crippen LogP contribution in [0.3, 0.4) is 0 Å². The van der Waals surface area contributed by atoms with Crippen LogP contribution in [0.15, 0.2) is 24.3 Å². The standard InChI is InChI=1S/C12H20O2/c13-10-4-8-12(9-5-11-14)6-2-1-3-7-12/h1-3,6,13-14H,4-5,7-11H2. The van der Waals surface area contributed by atoms with Gasteiger partial charge in [0.15, 0.2) is 0 Å². The summed E-state index contributed by atoms with van der Waals surface area (Å²) in [7, 11) is 0. The molecule has 0 aliphatic heterocycles. The summed E-state index contributed by atoms with van der Waals surface area (Å²) in [5.74, 6) is 0. The average Bonchev–Trinajstić information content (AvgIpc) is 2.25. The first-order valence-electron chi connectivity index (χ1n) is 5.39. The van der Waals surface area contributed by atoms with E-state index in [1.807, 2.05) is 0 Å². The van der Waals surface area contributed by atoms with Crippen LogP contribution in [-0.4, -0.2) is 23.4 Å². The lowest BCUT2D eigenvalue weighted by atomic mass is 9.74. The molecule has 0 bridgehead atoms. The van der Waals surface area contributed by atoms with E-state index in [2.05, 4.69) is 24.3 Å². The zero-order chi connectivity index (χ0) is 10.3. The number of aliphatic hydroxyl groups excluding tert-OH is 2. The van der Waals surface area contributed by atoms with E-state index in [1.165, 1.54) is 0 Å². The maximum absolute atomic E-state index is 8.85. The molecule has 0 radical (unpaired) electrons. The zero-order valence-corrected chi connectivity index (χ0v) is 8.65. The predicted octanol–water partition coefficient (Wildman–Crippen LogP) is 2.03. The van der Waals surface area contributed by atoms with Gasteiger partial charge in [-0.2, -0.15) is 0 Å². The van der Waals surface area contributed by atoms with Crippen LogP contribution in [0.5, 0.6) is 0 Å². The van der Waals surface area contributed by atoms with Crippen molar-refractivity contribution in [1.29, 1.82) is 0 Å². The molecular formula is C12H20O2. The fourth-order valence-corrected chi connectivity index (χ4v) is 2.07. The van der Waals surface area contributed by atoms with E-state index in [0.717, 1.165) is 32.1 Å². The lowest BCUT2D eigenvalue weighted by molar-refractivity contribution is 0.214. The average molecular weight is 196 g/mol. The van der Waals surface area contributed by atoms with Gasteiger partial charge >= 0.3 is 0 Å². The molecule has 0 saturated heterocycles. The quantitative estimate of drug-likeness (QED) is 0.682. The lowest BCUT2D eigenvalue weighted by Crippen LogP contribution is -2.19. The molecule has 2 nitrogen and oxygen atoms in total. The Morgan fingerprint density at radius 1 is 1.00 bits per heavy atom. The number of hydrogen-bond acceptors (Lipinski definition) is 2. The van der Waals surface area contributed by atoms with Crippen LogP contribution in [0.4, 0.5) is 0 Å². The Kier molecular flexibility index (Phi) is 4.91. The van der Waals surface area contributed by atoms with Crippen molar-refractivity contribution in [3.63, 3.8) is 0 Å². The summed E-state index contributed by atoms with van der Waals surface area (Å²) in [6, 6.07) is 0. The molecule has 80 valence electrons. The topological polar surface area (TPSA) is 40.5 Å². The van der Waals surface area contributed by atoms with E-state index in [1.54, 1.807) is 0 Å². The molecule has 0 spiro atoms. The molecule has 1 aliphatic carbocycles. The molecule has 0 atom stereocenters. The van der Waals surface area contributed by atoms with Gasteiger partial charge in [-0.3, -0.25) is 0 Å². The van der Waals surface area contributed by atoms with Gasteiger partial charge in [-0.25, -0.2) is 0 Å². The number of rotatable bonds is 6. The summed E-state index contributed by atoms with van der Waals surface area (Å²) in [5, 5.41) is 17.7. The Bertz CT molecular complexity index is 198. The second kappa shape index (κ2) is 5.99. The third-order valence-electron chi connectivity index (χ3n) is 2.89. The van der Waals surface area contributed by atoms with Gasteiger partial charge in [-0.15, -0.1) is 0 Å². The molecule has 0 saturated carbocycles. The Morgan fingerprint density at radius 2 is 1.64 bits per heavy atom. The number of aliphatic hydroxyl groups is 2. The van der Waals surface area contributed by atoms with Crippen molar-refractivity contribution in [3.05, 3.63) is 24.3 Å². The molecule has 2 heteroatoms. The maximum atomic E-state index is 8.85. The van der Waals surface area contributed by atoms with Gasteiger partial charge in [0.05, 0.1) is 0 Å². The third kappa shape index (κ3) is 3.28. The van der Waals surface area contributed by atoms with Crippen LogP contribution in [0.25, 0.3) is 0 Å². The molecule has 1 rings (SSSR count). The molecule has 1 aliphatic rings. The van der Waals surface area contributed by atoms with Gasteiger partial charge in [-0.05, 0) is 37.5 Å². The summed E-state index contributed by atoms with van der Waals surface area (Å²) >= 11 is 0. The van der Waals surface area contributed by atoms with E-state index in [4.69, 9.17) is 10.2 Å². The van der Waals surface area contributed by atoms with Gasteiger partial charge in [0.1, 0.15) is 0 Å². The van der Waals surface area contributed by atoms with Crippen LogP contribution in [0.1, 0.15) is 32.1 Å². The minimum atomic E-state index is 0.195. The fraction of sp³-hybridized carbons (Fsp3) is 0.667. The largest absolute Gasteiger partial charge is 0.396 e. The van der Waals surface area contributed by atoms with Crippen molar-refractivity contribution < 1.29 is 10.2 Å². The Labute approximate surface area is 86.0 Å². The van der Waals surface area contributed by atoms with Crippen LogP contribution in [0, 0.1) is 5.41 Å². The molecule has 0 fully saturated rings. The summed E-state index contributed by atoms with van der Waals surface area (Å²) in [5.41, 5.74) is 0.195. The van der Waals surface area contributed by atoms with E-state index in [0.29, 0.717) is 0 Å². The minimum absolute atomic E-state index is 0.195. The normalized spacial score (nSPS) is 18.7. The molecule has 0 aromatic heterocycles. The number of hydrogen-bond donors (Lipinski definition) is 2. The van der Waals surface area contributed by atoms with Crippen LogP contribution in [0.2, 0.25) is 0 Å². The zero-order valence-electron chi connectivity index (χ0n) is 8.65. The SMILES string of the molecule is OCCCC1(CCCO)C=CC=CC1. The Morgan fingerprint density at radius 3 is 2.07 bits per heavy atom. The predicted molar refractivity (Wildman–Crippen MR) is 58.0 cm³/mol. The smallest absolute Gasteiger partial charge is 0.0431 e. The Balaban J connectivity index is 2.50. The molecule has 0 unspecified atom stereocenters. The summed E-state index contributed by atoms with van der Waals surface area (Å²) in [6.07, 6.45) is 13.3. The third-order valence-corrected chi connectivity index (χ3v) is 2.89. The van der Waals surface area contributed by atoms with Gasteiger partial charge in [0, 0.05) is 13.2 Å². The van der Waals surface area contributed by atoms with Crippen molar-refractivity contribution in [2.24, 2.45) is 5.41 Å². The van der Waals surface area contributed by atoms with E-state index in [9.17, 15) is 0 Å². The fourth-order valence-electron chi connectivity index (χ4n) is 2.07. The van der Waals surface area contributed by atoms with Crippen molar-refractivity contribution >= 4 is 0 Å². The summed E-state index contributed by atoms with van der Waals surface area (Å²) in [4.78, 5) is 0. The minimum Gasteiger partial charge on any atom is -0.396 e. The highest BCUT2D eigenvalue weighted by Crippen LogP contribution is 2.37. The summed E-state index contributed by atoms with van der Waals surface area (Å²) < 4.78 is 0.